The third kappa shape index (κ3) is 4.85. The van der Waals surface area contributed by atoms with Crippen molar-refractivity contribution in [2.75, 3.05) is 7.11 Å². The van der Waals surface area contributed by atoms with Crippen molar-refractivity contribution in [2.24, 2.45) is 5.92 Å². The minimum Gasteiger partial charge on any atom is -0.469 e. The first-order valence-corrected chi connectivity index (χ1v) is 5.47. The molecule has 1 aliphatic rings. The molecular formula is C11H22ClNO2. The van der Waals surface area contributed by atoms with E-state index in [1.807, 2.05) is 0 Å². The predicted octanol–water partition coefficient (Wildman–Crippen LogP) is 2.14. The Hall–Kier alpha value is -0.280. The summed E-state index contributed by atoms with van der Waals surface area (Å²) in [6.07, 6.45) is 4.13. The number of halogens is 1. The summed E-state index contributed by atoms with van der Waals surface area (Å²) in [6, 6.07) is 1.13. The van der Waals surface area contributed by atoms with Gasteiger partial charge in [0.15, 0.2) is 0 Å². The topological polar surface area (TPSA) is 38.3 Å². The van der Waals surface area contributed by atoms with Crippen LogP contribution in [0.3, 0.4) is 0 Å². The molecule has 0 aromatic heterocycles. The molecule has 0 heterocycles. The Morgan fingerprint density at radius 3 is 2.20 bits per heavy atom. The predicted molar refractivity (Wildman–Crippen MR) is 63.3 cm³/mol. The number of nitrogens with one attached hydrogen (secondary N) is 1. The van der Waals surface area contributed by atoms with Gasteiger partial charge < -0.3 is 10.1 Å². The molecule has 1 rings (SSSR count). The average Bonchev–Trinajstić information content (AvgIpc) is 2.17. The van der Waals surface area contributed by atoms with E-state index in [0.717, 1.165) is 25.7 Å². The minimum atomic E-state index is -0.0343. The first-order valence-electron chi connectivity index (χ1n) is 5.47. The fourth-order valence-electron chi connectivity index (χ4n) is 2.13. The standard InChI is InChI=1S/C11H21NO2.ClH/c1-8(2)12-10-6-4-9(5-7-10)11(13)14-3;/h8-10,12H,4-7H2,1-3H3;1H. The summed E-state index contributed by atoms with van der Waals surface area (Å²) in [6.45, 7) is 4.32. The molecule has 15 heavy (non-hydrogen) atoms. The summed E-state index contributed by atoms with van der Waals surface area (Å²) in [5, 5.41) is 3.51. The lowest BCUT2D eigenvalue weighted by molar-refractivity contribution is -0.146. The fraction of sp³-hybridized carbons (Fsp3) is 0.909. The van der Waals surface area contributed by atoms with E-state index in [4.69, 9.17) is 4.74 Å². The average molecular weight is 236 g/mol. The molecule has 4 heteroatoms. The van der Waals surface area contributed by atoms with Crippen molar-refractivity contribution in [2.45, 2.75) is 51.6 Å². The van der Waals surface area contributed by atoms with Crippen molar-refractivity contribution in [1.82, 2.24) is 5.32 Å². The summed E-state index contributed by atoms with van der Waals surface area (Å²) >= 11 is 0. The summed E-state index contributed by atoms with van der Waals surface area (Å²) in [4.78, 5) is 11.3. The number of hydrogen-bond donors (Lipinski definition) is 1. The number of ether oxygens (including phenoxy) is 1. The van der Waals surface area contributed by atoms with Crippen LogP contribution in [0.25, 0.3) is 0 Å². The molecule has 0 spiro atoms. The molecule has 0 saturated heterocycles. The monoisotopic (exact) mass is 235 g/mol. The maximum Gasteiger partial charge on any atom is 0.308 e. The first-order chi connectivity index (χ1) is 6.63. The molecule has 0 amide bonds. The SMILES string of the molecule is COC(=O)C1CCC(NC(C)C)CC1.Cl. The van der Waals surface area contributed by atoms with Gasteiger partial charge >= 0.3 is 5.97 Å². The molecule has 1 N–H and O–H groups in total. The van der Waals surface area contributed by atoms with Crippen LogP contribution in [0.2, 0.25) is 0 Å². The summed E-state index contributed by atoms with van der Waals surface area (Å²) in [7, 11) is 1.47. The van der Waals surface area contributed by atoms with Gasteiger partial charge in [0.1, 0.15) is 0 Å². The second-order valence-corrected chi connectivity index (χ2v) is 4.39. The van der Waals surface area contributed by atoms with E-state index in [1.165, 1.54) is 7.11 Å². The van der Waals surface area contributed by atoms with Crippen LogP contribution in [-0.2, 0) is 9.53 Å². The largest absolute Gasteiger partial charge is 0.469 e. The number of rotatable bonds is 3. The third-order valence-corrected chi connectivity index (χ3v) is 2.83. The lowest BCUT2D eigenvalue weighted by Crippen LogP contribution is -2.38. The van der Waals surface area contributed by atoms with E-state index in [2.05, 4.69) is 19.2 Å². The van der Waals surface area contributed by atoms with Gasteiger partial charge in [-0.2, -0.15) is 0 Å². The van der Waals surface area contributed by atoms with Crippen molar-refractivity contribution < 1.29 is 9.53 Å². The maximum absolute atomic E-state index is 11.3. The van der Waals surface area contributed by atoms with Crippen LogP contribution in [0, 0.1) is 5.92 Å². The highest BCUT2D eigenvalue weighted by atomic mass is 35.5. The first kappa shape index (κ1) is 14.7. The lowest BCUT2D eigenvalue weighted by atomic mass is 9.86. The van der Waals surface area contributed by atoms with E-state index in [0.29, 0.717) is 12.1 Å². The fourth-order valence-corrected chi connectivity index (χ4v) is 2.13. The van der Waals surface area contributed by atoms with Crippen molar-refractivity contribution in [3.8, 4) is 0 Å². The van der Waals surface area contributed by atoms with Crippen LogP contribution < -0.4 is 5.32 Å². The Morgan fingerprint density at radius 2 is 1.80 bits per heavy atom. The van der Waals surface area contributed by atoms with Crippen molar-refractivity contribution in [3.63, 3.8) is 0 Å². The quantitative estimate of drug-likeness (QED) is 0.762. The van der Waals surface area contributed by atoms with Gasteiger partial charge in [0.25, 0.3) is 0 Å². The Morgan fingerprint density at radius 1 is 1.27 bits per heavy atom. The van der Waals surface area contributed by atoms with Gasteiger partial charge in [-0.1, -0.05) is 13.8 Å². The Balaban J connectivity index is 0.00000196. The zero-order valence-electron chi connectivity index (χ0n) is 9.79. The van der Waals surface area contributed by atoms with E-state index in [1.54, 1.807) is 0 Å². The molecular weight excluding hydrogens is 214 g/mol. The van der Waals surface area contributed by atoms with Crippen LogP contribution in [0.5, 0.6) is 0 Å². The van der Waals surface area contributed by atoms with E-state index in [-0.39, 0.29) is 24.3 Å². The highest BCUT2D eigenvalue weighted by Crippen LogP contribution is 2.25. The van der Waals surface area contributed by atoms with Gasteiger partial charge in [0.2, 0.25) is 0 Å². The zero-order valence-corrected chi connectivity index (χ0v) is 10.6. The van der Waals surface area contributed by atoms with Gasteiger partial charge in [-0.3, -0.25) is 4.79 Å². The highest BCUT2D eigenvalue weighted by molar-refractivity contribution is 5.85. The number of methoxy groups -OCH3 is 1. The van der Waals surface area contributed by atoms with E-state index < -0.39 is 0 Å². The van der Waals surface area contributed by atoms with Crippen LogP contribution in [0.4, 0.5) is 0 Å². The van der Waals surface area contributed by atoms with E-state index >= 15 is 0 Å². The molecule has 1 saturated carbocycles. The van der Waals surface area contributed by atoms with Gasteiger partial charge in [-0.15, -0.1) is 12.4 Å². The Bertz CT molecular complexity index is 189. The Kier molecular flexibility index (Phi) is 6.94. The summed E-state index contributed by atoms with van der Waals surface area (Å²) < 4.78 is 4.75. The molecule has 3 nitrogen and oxygen atoms in total. The summed E-state index contributed by atoms with van der Waals surface area (Å²) in [5.74, 6) is 0.109. The van der Waals surface area contributed by atoms with Crippen molar-refractivity contribution >= 4 is 18.4 Å². The van der Waals surface area contributed by atoms with Gasteiger partial charge in [0.05, 0.1) is 13.0 Å². The van der Waals surface area contributed by atoms with Crippen LogP contribution in [-0.4, -0.2) is 25.2 Å². The van der Waals surface area contributed by atoms with E-state index in [9.17, 15) is 4.79 Å². The molecule has 0 aliphatic heterocycles. The molecule has 0 bridgehead atoms. The molecule has 0 aromatic rings. The minimum absolute atomic E-state index is 0. The highest BCUT2D eigenvalue weighted by Gasteiger charge is 2.26. The molecule has 0 atom stereocenters. The zero-order chi connectivity index (χ0) is 10.6. The van der Waals surface area contributed by atoms with Crippen molar-refractivity contribution in [3.05, 3.63) is 0 Å². The molecule has 0 radical (unpaired) electrons. The van der Waals surface area contributed by atoms with Gasteiger partial charge in [-0.05, 0) is 25.7 Å². The second kappa shape index (κ2) is 7.07. The smallest absolute Gasteiger partial charge is 0.308 e. The molecule has 0 aromatic carbocycles. The van der Waals surface area contributed by atoms with Gasteiger partial charge in [0, 0.05) is 12.1 Å². The maximum atomic E-state index is 11.3. The normalized spacial score (nSPS) is 25.9. The molecule has 1 fully saturated rings. The second-order valence-electron chi connectivity index (χ2n) is 4.39. The lowest BCUT2D eigenvalue weighted by Gasteiger charge is -2.29. The molecule has 0 unspecified atom stereocenters. The molecule has 1 aliphatic carbocycles. The number of carbonyl (C=O) groups is 1. The summed E-state index contributed by atoms with van der Waals surface area (Å²) in [5.41, 5.74) is 0. The number of esters is 1. The van der Waals surface area contributed by atoms with Crippen molar-refractivity contribution in [1.29, 1.82) is 0 Å². The Labute approximate surface area is 98.4 Å². The number of carbonyl (C=O) groups excluding carboxylic acids is 1. The van der Waals surface area contributed by atoms with Crippen LogP contribution in [0.15, 0.2) is 0 Å². The third-order valence-electron chi connectivity index (χ3n) is 2.83. The van der Waals surface area contributed by atoms with Crippen LogP contribution >= 0.6 is 12.4 Å². The number of hydrogen-bond acceptors (Lipinski definition) is 3. The van der Waals surface area contributed by atoms with Gasteiger partial charge in [-0.25, -0.2) is 0 Å². The molecule has 90 valence electrons. The van der Waals surface area contributed by atoms with Crippen LogP contribution in [0.1, 0.15) is 39.5 Å².